The molecule has 1 aromatic carbocycles. The molecule has 128 valence electrons. The van der Waals surface area contributed by atoms with Crippen LogP contribution in [-0.2, 0) is 11.3 Å². The highest BCUT2D eigenvalue weighted by molar-refractivity contribution is 5.68. The molecule has 0 aliphatic carbocycles. The molecule has 1 N–H and O–H groups in total. The fraction of sp³-hybridized carbons (Fsp3) is 0.533. The third-order valence-corrected chi connectivity index (χ3v) is 3.64. The van der Waals surface area contributed by atoms with Gasteiger partial charge in [0.25, 0.3) is 0 Å². The van der Waals surface area contributed by atoms with Crippen LogP contribution in [0.4, 0.5) is 18.0 Å². The summed E-state index contributed by atoms with van der Waals surface area (Å²) in [5.74, 6) is -1.05. The van der Waals surface area contributed by atoms with E-state index in [1.165, 1.54) is 12.1 Å². The third kappa shape index (κ3) is 4.51. The highest BCUT2D eigenvalue weighted by Gasteiger charge is 2.30. The monoisotopic (exact) mass is 332 g/mol. The highest BCUT2D eigenvalue weighted by atomic mass is 19.3. The molecular weight excluding hydrogens is 313 g/mol. The Morgan fingerprint density at radius 1 is 1.35 bits per heavy atom. The summed E-state index contributed by atoms with van der Waals surface area (Å²) in [4.78, 5) is 13.7. The van der Waals surface area contributed by atoms with Crippen LogP contribution in [0.3, 0.4) is 0 Å². The van der Waals surface area contributed by atoms with Crippen LogP contribution in [0.5, 0.6) is 5.75 Å². The van der Waals surface area contributed by atoms with Crippen molar-refractivity contribution in [2.75, 3.05) is 13.1 Å². The van der Waals surface area contributed by atoms with E-state index >= 15 is 0 Å². The number of carbonyl (C=O) groups excluding carboxylic acids is 1. The van der Waals surface area contributed by atoms with Crippen molar-refractivity contribution >= 4 is 6.09 Å². The van der Waals surface area contributed by atoms with Crippen molar-refractivity contribution in [1.82, 2.24) is 10.2 Å². The Bertz CT molecular complexity index is 547. The maximum absolute atomic E-state index is 13.8. The lowest BCUT2D eigenvalue weighted by Crippen LogP contribution is -2.57. The van der Waals surface area contributed by atoms with Gasteiger partial charge in [0, 0.05) is 36.8 Å². The van der Waals surface area contributed by atoms with Gasteiger partial charge in [-0.25, -0.2) is 9.18 Å². The largest absolute Gasteiger partial charge is 0.444 e. The van der Waals surface area contributed by atoms with E-state index in [2.05, 4.69) is 10.1 Å². The zero-order chi connectivity index (χ0) is 17.0. The first-order valence-corrected chi connectivity index (χ1v) is 7.27. The summed E-state index contributed by atoms with van der Waals surface area (Å²) in [5.41, 5.74) is 0.0930. The van der Waals surface area contributed by atoms with Crippen LogP contribution in [0.25, 0.3) is 0 Å². The third-order valence-electron chi connectivity index (χ3n) is 3.64. The highest BCUT2D eigenvalue weighted by Crippen LogP contribution is 2.20. The van der Waals surface area contributed by atoms with Gasteiger partial charge >= 0.3 is 12.7 Å². The standard InChI is InChI=1S/C15H19F3N2O3/c1-9-6-19-7-10(2)20(9)15(21)22-8-11-3-4-12(5-13(11)16)23-14(17)18/h3-5,9-10,14,19H,6-8H2,1-2H3. The summed E-state index contributed by atoms with van der Waals surface area (Å²) >= 11 is 0. The van der Waals surface area contributed by atoms with E-state index in [0.29, 0.717) is 13.1 Å². The van der Waals surface area contributed by atoms with E-state index in [9.17, 15) is 18.0 Å². The summed E-state index contributed by atoms with van der Waals surface area (Å²) in [6.45, 7) is 1.81. The quantitative estimate of drug-likeness (QED) is 0.921. The van der Waals surface area contributed by atoms with Gasteiger partial charge in [0.2, 0.25) is 0 Å². The number of nitrogens with zero attached hydrogens (tertiary/aromatic N) is 1. The smallest absolute Gasteiger partial charge is 0.410 e. The van der Waals surface area contributed by atoms with E-state index in [1.807, 2.05) is 13.8 Å². The van der Waals surface area contributed by atoms with Gasteiger partial charge in [-0.15, -0.1) is 0 Å². The Balaban J connectivity index is 1.96. The van der Waals surface area contributed by atoms with Crippen LogP contribution in [0.2, 0.25) is 0 Å². The first-order valence-electron chi connectivity index (χ1n) is 7.27. The predicted octanol–water partition coefficient (Wildman–Crippen LogP) is 2.75. The number of hydrogen-bond acceptors (Lipinski definition) is 4. The average Bonchev–Trinajstić information content (AvgIpc) is 2.45. The first kappa shape index (κ1) is 17.4. The van der Waals surface area contributed by atoms with Crippen LogP contribution in [0, 0.1) is 5.82 Å². The minimum Gasteiger partial charge on any atom is -0.444 e. The molecule has 23 heavy (non-hydrogen) atoms. The molecule has 2 unspecified atom stereocenters. The normalized spacial score (nSPS) is 21.4. The zero-order valence-electron chi connectivity index (χ0n) is 12.9. The van der Waals surface area contributed by atoms with Crippen LogP contribution >= 0.6 is 0 Å². The molecule has 0 saturated carbocycles. The number of hydrogen-bond donors (Lipinski definition) is 1. The minimum atomic E-state index is -3.02. The lowest BCUT2D eigenvalue weighted by molar-refractivity contribution is -0.0500. The fourth-order valence-electron chi connectivity index (χ4n) is 2.53. The van der Waals surface area contributed by atoms with E-state index in [0.717, 1.165) is 6.07 Å². The molecule has 2 atom stereocenters. The lowest BCUT2D eigenvalue weighted by Gasteiger charge is -2.38. The van der Waals surface area contributed by atoms with Crippen LogP contribution in [0.1, 0.15) is 19.4 Å². The fourth-order valence-corrected chi connectivity index (χ4v) is 2.53. The molecule has 0 radical (unpaired) electrons. The molecule has 1 aliphatic rings. The number of ether oxygens (including phenoxy) is 2. The summed E-state index contributed by atoms with van der Waals surface area (Å²) in [6, 6.07) is 3.24. The number of amides is 1. The summed E-state index contributed by atoms with van der Waals surface area (Å²) in [6.07, 6.45) is -0.529. The van der Waals surface area contributed by atoms with Gasteiger partial charge in [-0.3, -0.25) is 0 Å². The summed E-state index contributed by atoms with van der Waals surface area (Å²) < 4.78 is 47.2. The minimum absolute atomic E-state index is 0.0297. The van der Waals surface area contributed by atoms with Crippen molar-refractivity contribution < 1.29 is 27.4 Å². The second-order valence-corrected chi connectivity index (χ2v) is 5.45. The predicted molar refractivity (Wildman–Crippen MR) is 76.8 cm³/mol. The number of alkyl halides is 2. The van der Waals surface area contributed by atoms with Gasteiger partial charge in [0.1, 0.15) is 18.2 Å². The second-order valence-electron chi connectivity index (χ2n) is 5.45. The number of nitrogens with one attached hydrogen (secondary N) is 1. The van der Waals surface area contributed by atoms with Gasteiger partial charge < -0.3 is 19.7 Å². The van der Waals surface area contributed by atoms with E-state index in [-0.39, 0.29) is 30.0 Å². The lowest BCUT2D eigenvalue weighted by atomic mass is 10.1. The maximum Gasteiger partial charge on any atom is 0.410 e. The number of rotatable bonds is 4. The average molecular weight is 332 g/mol. The molecule has 1 fully saturated rings. The topological polar surface area (TPSA) is 50.8 Å². The zero-order valence-corrected chi connectivity index (χ0v) is 12.9. The van der Waals surface area contributed by atoms with Gasteiger partial charge in [-0.1, -0.05) is 0 Å². The van der Waals surface area contributed by atoms with Crippen LogP contribution < -0.4 is 10.1 Å². The molecule has 0 spiro atoms. The molecule has 1 saturated heterocycles. The van der Waals surface area contributed by atoms with Crippen molar-refractivity contribution in [3.05, 3.63) is 29.6 Å². The molecule has 8 heteroatoms. The van der Waals surface area contributed by atoms with Crippen molar-refractivity contribution in [3.8, 4) is 5.75 Å². The first-order chi connectivity index (χ1) is 10.9. The Morgan fingerprint density at radius 3 is 2.57 bits per heavy atom. The molecule has 0 aromatic heterocycles. The number of carbonyl (C=O) groups is 1. The van der Waals surface area contributed by atoms with Crippen LogP contribution in [-0.4, -0.2) is 42.8 Å². The van der Waals surface area contributed by atoms with Crippen molar-refractivity contribution in [2.45, 2.75) is 39.1 Å². The van der Waals surface area contributed by atoms with Crippen molar-refractivity contribution in [2.24, 2.45) is 0 Å². The van der Waals surface area contributed by atoms with Gasteiger partial charge in [0.15, 0.2) is 0 Å². The van der Waals surface area contributed by atoms with Gasteiger partial charge in [0.05, 0.1) is 0 Å². The second kappa shape index (κ2) is 7.54. The molecule has 1 aliphatic heterocycles. The summed E-state index contributed by atoms with van der Waals surface area (Å²) in [7, 11) is 0. The van der Waals surface area contributed by atoms with E-state index < -0.39 is 18.5 Å². The molecule has 1 heterocycles. The Hall–Kier alpha value is -1.96. The van der Waals surface area contributed by atoms with E-state index in [1.54, 1.807) is 4.90 Å². The SMILES string of the molecule is CC1CNCC(C)N1C(=O)OCc1ccc(OC(F)F)cc1F. The number of halogens is 3. The molecule has 5 nitrogen and oxygen atoms in total. The number of piperazine rings is 1. The molecule has 1 amide bonds. The van der Waals surface area contributed by atoms with Crippen LogP contribution in [0.15, 0.2) is 18.2 Å². The maximum atomic E-state index is 13.8. The van der Waals surface area contributed by atoms with E-state index in [4.69, 9.17) is 4.74 Å². The van der Waals surface area contributed by atoms with Crippen molar-refractivity contribution in [3.63, 3.8) is 0 Å². The van der Waals surface area contributed by atoms with Gasteiger partial charge in [-0.2, -0.15) is 8.78 Å². The summed E-state index contributed by atoms with van der Waals surface area (Å²) in [5, 5.41) is 3.19. The Morgan fingerprint density at radius 2 is 2.00 bits per heavy atom. The number of benzene rings is 1. The van der Waals surface area contributed by atoms with Crippen molar-refractivity contribution in [1.29, 1.82) is 0 Å². The Kier molecular flexibility index (Phi) is 5.70. The Labute approximate surface area is 132 Å². The molecular formula is C15H19F3N2O3. The molecule has 0 bridgehead atoms. The molecule has 1 aromatic rings. The van der Waals surface area contributed by atoms with Gasteiger partial charge in [-0.05, 0) is 26.0 Å². The molecule has 2 rings (SSSR count).